The van der Waals surface area contributed by atoms with Gasteiger partial charge in [0.15, 0.2) is 0 Å². The average molecular weight is 205 g/mol. The largest absolute Gasteiger partial charge is 0.325 e. The van der Waals surface area contributed by atoms with Crippen molar-refractivity contribution in [1.82, 2.24) is 0 Å². The van der Waals surface area contributed by atoms with E-state index in [0.29, 0.717) is 0 Å². The smallest absolute Gasteiger partial charge is 0.150 e. The lowest BCUT2D eigenvalue weighted by Gasteiger charge is -2.20. The van der Waals surface area contributed by atoms with Crippen LogP contribution in [0.1, 0.15) is 40.9 Å². The number of aryl methyl sites for hydroxylation is 2. The van der Waals surface area contributed by atoms with Gasteiger partial charge >= 0.3 is 0 Å². The van der Waals surface area contributed by atoms with Crippen LogP contribution in [0.2, 0.25) is 0 Å². The minimum absolute atomic E-state index is 0.278. The van der Waals surface area contributed by atoms with E-state index in [9.17, 15) is 4.79 Å². The molecule has 0 saturated carbocycles. The maximum absolute atomic E-state index is 10.9. The first kappa shape index (κ1) is 11.9. The van der Waals surface area contributed by atoms with E-state index >= 15 is 0 Å². The summed E-state index contributed by atoms with van der Waals surface area (Å²) >= 11 is 0. The quantitative estimate of drug-likeness (QED) is 0.770. The molecule has 0 aliphatic heterocycles. The third-order valence-corrected chi connectivity index (χ3v) is 2.53. The molecule has 15 heavy (non-hydrogen) atoms. The Hall–Kier alpha value is -1.15. The second-order valence-corrected chi connectivity index (χ2v) is 4.92. The Morgan fingerprint density at radius 3 is 2.27 bits per heavy atom. The second-order valence-electron chi connectivity index (χ2n) is 4.92. The van der Waals surface area contributed by atoms with Gasteiger partial charge in [-0.25, -0.2) is 0 Å². The highest BCUT2D eigenvalue weighted by molar-refractivity contribution is 5.78. The van der Waals surface area contributed by atoms with E-state index < -0.39 is 0 Å². The molecule has 0 spiro atoms. The Bertz CT molecular complexity index is 375. The topological polar surface area (TPSA) is 43.1 Å². The lowest BCUT2D eigenvalue weighted by Crippen LogP contribution is -2.34. The molecule has 1 aromatic carbocycles. The molecule has 2 N–H and O–H groups in total. The number of carbonyl (C=O) groups excluding carboxylic acids is 1. The van der Waals surface area contributed by atoms with E-state index in [1.54, 1.807) is 0 Å². The lowest BCUT2D eigenvalue weighted by atomic mass is 9.91. The van der Waals surface area contributed by atoms with Gasteiger partial charge in [0.2, 0.25) is 0 Å². The Kier molecular flexibility index (Phi) is 3.30. The standard InChI is InChI=1S/C13H19NO/c1-9-5-11(7-13(3,4)14)12(8-15)6-10(9)2/h5-6,8H,7,14H2,1-4H3. The van der Waals surface area contributed by atoms with Gasteiger partial charge in [0.05, 0.1) is 0 Å². The third-order valence-electron chi connectivity index (χ3n) is 2.53. The molecule has 82 valence electrons. The van der Waals surface area contributed by atoms with Crippen LogP contribution in [-0.4, -0.2) is 11.8 Å². The molecule has 0 fully saturated rings. The second kappa shape index (κ2) is 4.15. The molecule has 0 unspecified atom stereocenters. The van der Waals surface area contributed by atoms with E-state index in [1.165, 1.54) is 5.56 Å². The molecule has 2 heteroatoms. The van der Waals surface area contributed by atoms with Crippen LogP contribution in [0.3, 0.4) is 0 Å². The van der Waals surface area contributed by atoms with Gasteiger partial charge in [0.25, 0.3) is 0 Å². The highest BCUT2D eigenvalue weighted by Gasteiger charge is 2.15. The van der Waals surface area contributed by atoms with Crippen molar-refractivity contribution >= 4 is 6.29 Å². The first-order chi connectivity index (χ1) is 6.83. The zero-order valence-electron chi connectivity index (χ0n) is 9.92. The first-order valence-corrected chi connectivity index (χ1v) is 5.17. The van der Waals surface area contributed by atoms with Gasteiger partial charge in [-0.15, -0.1) is 0 Å². The fraction of sp³-hybridized carbons (Fsp3) is 0.462. The maximum Gasteiger partial charge on any atom is 0.150 e. The molecule has 0 amide bonds. The van der Waals surface area contributed by atoms with E-state index in [4.69, 9.17) is 5.73 Å². The fourth-order valence-corrected chi connectivity index (χ4v) is 1.65. The van der Waals surface area contributed by atoms with Crippen molar-refractivity contribution in [2.24, 2.45) is 5.73 Å². The molecular weight excluding hydrogens is 186 g/mol. The summed E-state index contributed by atoms with van der Waals surface area (Å²) in [6.07, 6.45) is 1.63. The normalized spacial score (nSPS) is 11.5. The summed E-state index contributed by atoms with van der Waals surface area (Å²) in [4.78, 5) is 10.9. The van der Waals surface area contributed by atoms with Gasteiger partial charge in [-0.1, -0.05) is 6.07 Å². The molecule has 1 aromatic rings. The summed E-state index contributed by atoms with van der Waals surface area (Å²) in [5, 5.41) is 0. The molecule has 0 aliphatic rings. The van der Waals surface area contributed by atoms with Crippen LogP contribution in [0.4, 0.5) is 0 Å². The summed E-state index contributed by atoms with van der Waals surface area (Å²) in [6.45, 7) is 8.00. The Labute approximate surface area is 91.5 Å². The van der Waals surface area contributed by atoms with Crippen LogP contribution in [0.5, 0.6) is 0 Å². The number of carbonyl (C=O) groups is 1. The average Bonchev–Trinajstić information content (AvgIpc) is 2.08. The maximum atomic E-state index is 10.9. The van der Waals surface area contributed by atoms with E-state index in [2.05, 4.69) is 13.0 Å². The minimum atomic E-state index is -0.278. The van der Waals surface area contributed by atoms with Crippen LogP contribution < -0.4 is 5.73 Å². The number of rotatable bonds is 3. The zero-order valence-corrected chi connectivity index (χ0v) is 9.92. The minimum Gasteiger partial charge on any atom is -0.325 e. The lowest BCUT2D eigenvalue weighted by molar-refractivity contribution is 0.112. The van der Waals surface area contributed by atoms with Crippen molar-refractivity contribution in [3.63, 3.8) is 0 Å². The summed E-state index contributed by atoms with van der Waals surface area (Å²) < 4.78 is 0. The first-order valence-electron chi connectivity index (χ1n) is 5.17. The SMILES string of the molecule is Cc1cc(C=O)c(CC(C)(C)N)cc1C. The monoisotopic (exact) mass is 205 g/mol. The van der Waals surface area contributed by atoms with Gasteiger partial charge in [-0.05, 0) is 56.9 Å². The molecule has 2 nitrogen and oxygen atoms in total. The molecule has 0 aliphatic carbocycles. The molecule has 0 atom stereocenters. The van der Waals surface area contributed by atoms with Crippen molar-refractivity contribution in [1.29, 1.82) is 0 Å². The number of nitrogens with two attached hydrogens (primary N) is 1. The summed E-state index contributed by atoms with van der Waals surface area (Å²) in [7, 11) is 0. The number of benzene rings is 1. The van der Waals surface area contributed by atoms with Crippen LogP contribution in [-0.2, 0) is 6.42 Å². The van der Waals surface area contributed by atoms with Crippen molar-refractivity contribution in [2.75, 3.05) is 0 Å². The Morgan fingerprint density at radius 2 is 1.80 bits per heavy atom. The Balaban J connectivity index is 3.16. The molecule has 0 saturated heterocycles. The highest BCUT2D eigenvalue weighted by Crippen LogP contribution is 2.18. The van der Waals surface area contributed by atoms with Crippen LogP contribution in [0.15, 0.2) is 12.1 Å². The van der Waals surface area contributed by atoms with Gasteiger partial charge in [0.1, 0.15) is 6.29 Å². The van der Waals surface area contributed by atoms with Gasteiger partial charge in [0, 0.05) is 11.1 Å². The van der Waals surface area contributed by atoms with Crippen LogP contribution in [0, 0.1) is 13.8 Å². The molecule has 1 rings (SSSR count). The van der Waals surface area contributed by atoms with Crippen LogP contribution in [0.25, 0.3) is 0 Å². The predicted octanol–water partition coefficient (Wildman–Crippen LogP) is 2.40. The van der Waals surface area contributed by atoms with Gasteiger partial charge in [-0.2, -0.15) is 0 Å². The van der Waals surface area contributed by atoms with Crippen molar-refractivity contribution in [2.45, 2.75) is 39.7 Å². The van der Waals surface area contributed by atoms with E-state index in [0.717, 1.165) is 29.4 Å². The summed E-state index contributed by atoms with van der Waals surface area (Å²) in [5.74, 6) is 0. The molecule has 0 radical (unpaired) electrons. The summed E-state index contributed by atoms with van der Waals surface area (Å²) in [6, 6.07) is 4.00. The molecule has 0 heterocycles. The molecular formula is C13H19NO. The number of hydrogen-bond donors (Lipinski definition) is 1. The third kappa shape index (κ3) is 3.17. The van der Waals surface area contributed by atoms with E-state index in [1.807, 2.05) is 26.8 Å². The highest BCUT2D eigenvalue weighted by atomic mass is 16.1. The van der Waals surface area contributed by atoms with Crippen molar-refractivity contribution in [3.8, 4) is 0 Å². The predicted molar refractivity (Wildman–Crippen MR) is 63.3 cm³/mol. The molecule has 0 aromatic heterocycles. The number of hydrogen-bond acceptors (Lipinski definition) is 2. The van der Waals surface area contributed by atoms with Crippen LogP contribution >= 0.6 is 0 Å². The summed E-state index contributed by atoms with van der Waals surface area (Å²) in [5.41, 5.74) is 9.84. The zero-order chi connectivity index (χ0) is 11.6. The number of aldehydes is 1. The van der Waals surface area contributed by atoms with Gasteiger partial charge in [-0.3, -0.25) is 4.79 Å². The fourth-order valence-electron chi connectivity index (χ4n) is 1.65. The van der Waals surface area contributed by atoms with Crippen molar-refractivity contribution in [3.05, 3.63) is 34.4 Å². The van der Waals surface area contributed by atoms with E-state index in [-0.39, 0.29) is 5.54 Å². The Morgan fingerprint density at radius 1 is 1.27 bits per heavy atom. The molecule has 0 bridgehead atoms. The van der Waals surface area contributed by atoms with Gasteiger partial charge < -0.3 is 5.73 Å². The van der Waals surface area contributed by atoms with Crippen molar-refractivity contribution < 1.29 is 4.79 Å².